The summed E-state index contributed by atoms with van der Waals surface area (Å²) in [6.07, 6.45) is -0.824. The lowest BCUT2D eigenvalue weighted by Gasteiger charge is -2.33. The third kappa shape index (κ3) is 3.59. The van der Waals surface area contributed by atoms with Gasteiger partial charge in [0.15, 0.2) is 0 Å². The van der Waals surface area contributed by atoms with Gasteiger partial charge in [-0.15, -0.1) is 0 Å². The Morgan fingerprint density at radius 1 is 1.62 bits per heavy atom. The van der Waals surface area contributed by atoms with Crippen LogP contribution in [0, 0.1) is 15.9 Å². The number of halogens is 2. The summed E-state index contributed by atoms with van der Waals surface area (Å²) in [4.78, 5) is 22.6. The number of carboxylic acids is 1. The third-order valence-corrected chi connectivity index (χ3v) is 3.39. The maximum absolute atomic E-state index is 13.6. The first kappa shape index (κ1) is 15.5. The number of carboxylic acid groups (broad SMARTS) is 1. The van der Waals surface area contributed by atoms with Crippen molar-refractivity contribution in [2.45, 2.75) is 12.5 Å². The fourth-order valence-electron chi connectivity index (χ4n) is 2.18. The van der Waals surface area contributed by atoms with Gasteiger partial charge in [-0.1, -0.05) is 11.6 Å². The number of hydrogen-bond donors (Lipinski definition) is 1. The molecule has 7 nitrogen and oxygen atoms in total. The van der Waals surface area contributed by atoms with Crippen LogP contribution in [-0.4, -0.2) is 41.8 Å². The summed E-state index contributed by atoms with van der Waals surface area (Å²) in [7, 11) is 0. The maximum atomic E-state index is 13.6. The van der Waals surface area contributed by atoms with E-state index in [9.17, 15) is 19.3 Å². The molecule has 1 aliphatic heterocycles. The van der Waals surface area contributed by atoms with Crippen molar-refractivity contribution in [3.63, 3.8) is 0 Å². The highest BCUT2D eigenvalue weighted by Crippen LogP contribution is 2.34. The molecule has 0 bridgehead atoms. The van der Waals surface area contributed by atoms with Gasteiger partial charge in [0.1, 0.15) is 11.5 Å². The van der Waals surface area contributed by atoms with Gasteiger partial charge in [0.2, 0.25) is 0 Å². The standard InChI is InChI=1S/C12H12ClFN2O5/c13-8-4-11(16(19)20)10(5-9(8)14)15-1-2-21-7(6-15)3-12(17)18/h4-5,7H,1-3,6H2,(H,17,18). The Morgan fingerprint density at radius 2 is 2.33 bits per heavy atom. The van der Waals surface area contributed by atoms with E-state index >= 15 is 0 Å². The van der Waals surface area contributed by atoms with Crippen LogP contribution in [-0.2, 0) is 9.53 Å². The van der Waals surface area contributed by atoms with Crippen LogP contribution in [0.25, 0.3) is 0 Å². The summed E-state index contributed by atoms with van der Waals surface area (Å²) in [5.74, 6) is -1.79. The van der Waals surface area contributed by atoms with Crippen LogP contribution in [0.3, 0.4) is 0 Å². The zero-order valence-electron chi connectivity index (χ0n) is 10.8. The number of anilines is 1. The molecule has 0 aromatic heterocycles. The van der Waals surface area contributed by atoms with Crippen molar-refractivity contribution in [3.05, 3.63) is 33.1 Å². The molecule has 0 aliphatic carbocycles. The summed E-state index contributed by atoms with van der Waals surface area (Å²) in [5, 5.41) is 19.5. The minimum atomic E-state index is -1.03. The molecule has 9 heteroatoms. The van der Waals surface area contributed by atoms with Gasteiger partial charge in [-0.25, -0.2) is 4.39 Å². The molecular formula is C12H12ClFN2O5. The average Bonchev–Trinajstić information content (AvgIpc) is 2.40. The van der Waals surface area contributed by atoms with E-state index in [2.05, 4.69) is 0 Å². The second-order valence-electron chi connectivity index (χ2n) is 4.55. The molecule has 0 spiro atoms. The molecule has 2 rings (SSSR count). The molecule has 1 unspecified atom stereocenters. The van der Waals surface area contributed by atoms with E-state index in [1.165, 1.54) is 4.90 Å². The topological polar surface area (TPSA) is 92.9 Å². The lowest BCUT2D eigenvalue weighted by Crippen LogP contribution is -2.43. The zero-order chi connectivity index (χ0) is 15.6. The predicted molar refractivity (Wildman–Crippen MR) is 72.3 cm³/mol. The molecule has 0 saturated carbocycles. The number of nitrogens with zero attached hydrogens (tertiary/aromatic N) is 2. The number of aliphatic carboxylic acids is 1. The molecule has 1 heterocycles. The van der Waals surface area contributed by atoms with Crippen LogP contribution in [0.15, 0.2) is 12.1 Å². The quantitative estimate of drug-likeness (QED) is 0.674. The SMILES string of the molecule is O=C(O)CC1CN(c2cc(F)c(Cl)cc2[N+](=O)[O-])CCO1. The number of ether oxygens (including phenoxy) is 1. The molecule has 1 aromatic rings. The van der Waals surface area contributed by atoms with Crippen molar-refractivity contribution in [2.75, 3.05) is 24.6 Å². The Labute approximate surface area is 124 Å². The molecule has 1 aliphatic rings. The van der Waals surface area contributed by atoms with E-state index in [1.54, 1.807) is 0 Å². The largest absolute Gasteiger partial charge is 0.481 e. The zero-order valence-corrected chi connectivity index (χ0v) is 11.5. The molecule has 1 atom stereocenters. The lowest BCUT2D eigenvalue weighted by atomic mass is 10.1. The number of morpholine rings is 1. The summed E-state index contributed by atoms with van der Waals surface area (Å²) >= 11 is 5.57. The van der Waals surface area contributed by atoms with Crippen molar-refractivity contribution >= 4 is 28.9 Å². The molecular weight excluding hydrogens is 307 g/mol. The number of nitro benzene ring substituents is 1. The van der Waals surface area contributed by atoms with E-state index in [1.807, 2.05) is 0 Å². The fraction of sp³-hybridized carbons (Fsp3) is 0.417. The lowest BCUT2D eigenvalue weighted by molar-refractivity contribution is -0.384. The monoisotopic (exact) mass is 318 g/mol. The van der Waals surface area contributed by atoms with Crippen molar-refractivity contribution < 1.29 is 24.0 Å². The first-order valence-electron chi connectivity index (χ1n) is 6.10. The van der Waals surface area contributed by atoms with Gasteiger partial charge in [-0.05, 0) is 0 Å². The van der Waals surface area contributed by atoms with Crippen LogP contribution in [0.4, 0.5) is 15.8 Å². The summed E-state index contributed by atoms with van der Waals surface area (Å²) in [5.41, 5.74) is -0.252. The molecule has 21 heavy (non-hydrogen) atoms. The van der Waals surface area contributed by atoms with E-state index < -0.39 is 22.8 Å². The van der Waals surface area contributed by atoms with Gasteiger partial charge in [0.25, 0.3) is 5.69 Å². The van der Waals surface area contributed by atoms with Crippen molar-refractivity contribution in [2.24, 2.45) is 0 Å². The highest BCUT2D eigenvalue weighted by atomic mass is 35.5. The Balaban J connectivity index is 2.30. The Bertz CT molecular complexity index is 583. The van der Waals surface area contributed by atoms with E-state index in [0.717, 1.165) is 12.1 Å². The first-order chi connectivity index (χ1) is 9.88. The van der Waals surface area contributed by atoms with Crippen LogP contribution >= 0.6 is 11.6 Å². The summed E-state index contributed by atoms with van der Waals surface area (Å²) in [6, 6.07) is 1.94. The number of benzene rings is 1. The van der Waals surface area contributed by atoms with Gasteiger partial charge < -0.3 is 14.7 Å². The second-order valence-corrected chi connectivity index (χ2v) is 4.96. The van der Waals surface area contributed by atoms with Crippen molar-refractivity contribution in [3.8, 4) is 0 Å². The van der Waals surface area contributed by atoms with Gasteiger partial charge in [-0.3, -0.25) is 14.9 Å². The third-order valence-electron chi connectivity index (χ3n) is 3.10. The van der Waals surface area contributed by atoms with Crippen LogP contribution in [0.2, 0.25) is 5.02 Å². The van der Waals surface area contributed by atoms with Crippen molar-refractivity contribution in [1.82, 2.24) is 0 Å². The van der Waals surface area contributed by atoms with Gasteiger partial charge in [0.05, 0.1) is 29.1 Å². The summed E-state index contributed by atoms with van der Waals surface area (Å²) in [6.45, 7) is 0.644. The molecule has 1 aromatic carbocycles. The van der Waals surface area contributed by atoms with Crippen molar-refractivity contribution in [1.29, 1.82) is 0 Å². The average molecular weight is 319 g/mol. The fourth-order valence-corrected chi connectivity index (χ4v) is 2.34. The predicted octanol–water partition coefficient (Wildman–Crippen LogP) is 2.07. The van der Waals surface area contributed by atoms with Gasteiger partial charge in [-0.2, -0.15) is 0 Å². The van der Waals surface area contributed by atoms with Gasteiger partial charge >= 0.3 is 5.97 Å². The van der Waals surface area contributed by atoms with Crippen LogP contribution < -0.4 is 4.90 Å². The summed E-state index contributed by atoms with van der Waals surface area (Å²) < 4.78 is 18.9. The minimum absolute atomic E-state index is 0.0700. The number of hydrogen-bond acceptors (Lipinski definition) is 5. The normalized spacial score (nSPS) is 18.6. The minimum Gasteiger partial charge on any atom is -0.481 e. The van der Waals surface area contributed by atoms with Crippen LogP contribution in [0.5, 0.6) is 0 Å². The number of rotatable bonds is 4. The molecule has 0 radical (unpaired) electrons. The number of carbonyl (C=O) groups is 1. The molecule has 1 N–H and O–H groups in total. The smallest absolute Gasteiger partial charge is 0.306 e. The Hall–Kier alpha value is -1.93. The van der Waals surface area contributed by atoms with Gasteiger partial charge in [0, 0.05) is 25.2 Å². The number of nitro groups is 1. The molecule has 0 amide bonds. The molecule has 114 valence electrons. The van der Waals surface area contributed by atoms with E-state index in [-0.39, 0.29) is 36.0 Å². The van der Waals surface area contributed by atoms with E-state index in [4.69, 9.17) is 21.4 Å². The second kappa shape index (κ2) is 6.23. The van der Waals surface area contributed by atoms with E-state index in [0.29, 0.717) is 6.54 Å². The van der Waals surface area contributed by atoms with Crippen LogP contribution in [0.1, 0.15) is 6.42 Å². The first-order valence-corrected chi connectivity index (χ1v) is 6.48. The highest BCUT2D eigenvalue weighted by Gasteiger charge is 2.28. The maximum Gasteiger partial charge on any atom is 0.306 e. The Morgan fingerprint density at radius 3 is 2.95 bits per heavy atom. The highest BCUT2D eigenvalue weighted by molar-refractivity contribution is 6.31. The molecule has 1 fully saturated rings. The Kier molecular flexibility index (Phi) is 4.59. The molecule has 1 saturated heterocycles.